The van der Waals surface area contributed by atoms with E-state index in [0.717, 1.165) is 9.13 Å². The minimum absolute atomic E-state index is 0.171. The summed E-state index contributed by atoms with van der Waals surface area (Å²) in [6.07, 6.45) is 0. The zero-order valence-corrected chi connectivity index (χ0v) is 16.1. The number of amides is 2. The molecule has 1 atom stereocenters. The first-order valence-electron chi connectivity index (χ1n) is 7.70. The summed E-state index contributed by atoms with van der Waals surface area (Å²) in [5.41, 5.74) is 1.95. The van der Waals surface area contributed by atoms with Gasteiger partial charge in [0.25, 0.3) is 0 Å². The molecule has 0 spiro atoms. The number of carbonyl (C=O) groups is 2. The number of nitrogens with zero attached hydrogens (tertiary/aromatic N) is 1. The minimum atomic E-state index is -0.525. The van der Waals surface area contributed by atoms with Gasteiger partial charge in [0.15, 0.2) is 0 Å². The third-order valence-corrected chi connectivity index (χ3v) is 4.85. The number of ether oxygens (including phenoxy) is 2. The molecular weight excluding hydrogens is 423 g/mol. The van der Waals surface area contributed by atoms with Crippen molar-refractivity contribution in [2.75, 3.05) is 26.9 Å². The van der Waals surface area contributed by atoms with E-state index in [1.165, 1.54) is 0 Å². The van der Waals surface area contributed by atoms with Crippen molar-refractivity contribution in [3.05, 3.63) is 44.7 Å². The number of urea groups is 1. The van der Waals surface area contributed by atoms with Crippen LogP contribution in [-0.2, 0) is 14.3 Å². The van der Waals surface area contributed by atoms with Crippen molar-refractivity contribution in [2.45, 2.75) is 19.9 Å². The largest absolute Gasteiger partial charge is 0.460 e. The van der Waals surface area contributed by atoms with Crippen molar-refractivity contribution in [1.82, 2.24) is 10.2 Å². The van der Waals surface area contributed by atoms with Gasteiger partial charge in [0.2, 0.25) is 0 Å². The summed E-state index contributed by atoms with van der Waals surface area (Å²) in [5, 5.41) is 2.92. The lowest BCUT2D eigenvalue weighted by Crippen LogP contribution is -2.48. The normalized spacial score (nSPS) is 17.8. The van der Waals surface area contributed by atoms with Crippen LogP contribution in [0.2, 0.25) is 0 Å². The van der Waals surface area contributed by atoms with Crippen LogP contribution in [-0.4, -0.2) is 43.8 Å². The lowest BCUT2D eigenvalue weighted by molar-refractivity contribution is -0.140. The molecule has 7 heteroatoms. The fraction of sp³-hybridized carbons (Fsp3) is 0.412. The molecule has 130 valence electrons. The highest BCUT2D eigenvalue weighted by Gasteiger charge is 2.36. The molecule has 6 nitrogen and oxygen atoms in total. The molecule has 0 bridgehead atoms. The van der Waals surface area contributed by atoms with E-state index in [1.807, 2.05) is 31.2 Å². The maximum Gasteiger partial charge on any atom is 0.338 e. The molecule has 2 amide bonds. The average Bonchev–Trinajstić information content (AvgIpc) is 2.55. The summed E-state index contributed by atoms with van der Waals surface area (Å²) in [7, 11) is 1.55. The van der Waals surface area contributed by atoms with E-state index >= 15 is 0 Å². The Morgan fingerprint density at radius 3 is 2.67 bits per heavy atom. The highest BCUT2D eigenvalue weighted by Crippen LogP contribution is 2.33. The summed E-state index contributed by atoms with van der Waals surface area (Å²) >= 11 is 2.20. The first kappa shape index (κ1) is 18.7. The quantitative estimate of drug-likeness (QED) is 0.417. The zero-order valence-electron chi connectivity index (χ0n) is 14.0. The van der Waals surface area contributed by atoms with E-state index in [-0.39, 0.29) is 12.6 Å². The summed E-state index contributed by atoms with van der Waals surface area (Å²) in [5.74, 6) is -0.437. The first-order valence-corrected chi connectivity index (χ1v) is 8.78. The summed E-state index contributed by atoms with van der Waals surface area (Å²) in [4.78, 5) is 26.5. The first-order chi connectivity index (χ1) is 11.5. The Labute approximate surface area is 155 Å². The topological polar surface area (TPSA) is 67.9 Å². The van der Waals surface area contributed by atoms with E-state index in [4.69, 9.17) is 9.47 Å². The molecule has 24 heavy (non-hydrogen) atoms. The highest BCUT2D eigenvalue weighted by molar-refractivity contribution is 14.1. The molecule has 0 aromatic heterocycles. The van der Waals surface area contributed by atoms with Crippen molar-refractivity contribution in [2.24, 2.45) is 0 Å². The van der Waals surface area contributed by atoms with Crippen LogP contribution in [0.15, 0.2) is 35.5 Å². The maximum absolute atomic E-state index is 12.6. The van der Waals surface area contributed by atoms with Crippen molar-refractivity contribution < 1.29 is 19.1 Å². The zero-order chi connectivity index (χ0) is 17.7. The van der Waals surface area contributed by atoms with Gasteiger partial charge in [0.1, 0.15) is 6.61 Å². The second-order valence-electron chi connectivity index (χ2n) is 5.28. The predicted molar refractivity (Wildman–Crippen MR) is 98.3 cm³/mol. The number of rotatable bonds is 6. The molecule has 1 heterocycles. The van der Waals surface area contributed by atoms with Crippen LogP contribution in [0.25, 0.3) is 0 Å². The molecule has 1 aromatic rings. The van der Waals surface area contributed by atoms with E-state index in [9.17, 15) is 9.59 Å². The molecular formula is C17H21IN2O4. The number of hydrogen-bond donors (Lipinski definition) is 1. The third kappa shape index (κ3) is 3.89. The molecule has 1 aromatic carbocycles. The molecule has 0 aliphatic carbocycles. The second kappa shape index (κ2) is 8.48. The SMILES string of the molecule is CCN1C(=O)N[C@H](c2ccccc2I)C(C(=O)OCCOC)=C1C. The van der Waals surface area contributed by atoms with E-state index < -0.39 is 12.0 Å². The Kier molecular flexibility index (Phi) is 6.61. The number of nitrogens with one attached hydrogen (secondary N) is 1. The molecule has 0 saturated carbocycles. The lowest BCUT2D eigenvalue weighted by atomic mass is 9.95. The van der Waals surface area contributed by atoms with Gasteiger partial charge in [-0.2, -0.15) is 0 Å². The Balaban J connectivity index is 2.44. The number of benzene rings is 1. The van der Waals surface area contributed by atoms with Crippen molar-refractivity contribution in [3.8, 4) is 0 Å². The monoisotopic (exact) mass is 444 g/mol. The molecule has 0 fully saturated rings. The minimum Gasteiger partial charge on any atom is -0.460 e. The number of carbonyl (C=O) groups excluding carboxylic acids is 2. The maximum atomic E-state index is 12.6. The van der Waals surface area contributed by atoms with Gasteiger partial charge in [-0.15, -0.1) is 0 Å². The highest BCUT2D eigenvalue weighted by atomic mass is 127. The van der Waals surface area contributed by atoms with Crippen LogP contribution in [0.4, 0.5) is 4.79 Å². The van der Waals surface area contributed by atoms with E-state index in [2.05, 4.69) is 27.9 Å². The van der Waals surface area contributed by atoms with Gasteiger partial charge in [-0.3, -0.25) is 4.90 Å². The summed E-state index contributed by atoms with van der Waals surface area (Å²) in [6.45, 7) is 4.62. The van der Waals surface area contributed by atoms with Crippen molar-refractivity contribution in [3.63, 3.8) is 0 Å². The van der Waals surface area contributed by atoms with Crippen LogP contribution in [0.1, 0.15) is 25.5 Å². The Bertz CT molecular complexity index is 660. The number of allylic oxidation sites excluding steroid dienone is 1. The van der Waals surface area contributed by atoms with Gasteiger partial charge in [0, 0.05) is 22.9 Å². The Morgan fingerprint density at radius 2 is 2.04 bits per heavy atom. The van der Waals surface area contributed by atoms with Gasteiger partial charge in [-0.1, -0.05) is 18.2 Å². The molecule has 1 aliphatic heterocycles. The second-order valence-corrected chi connectivity index (χ2v) is 6.44. The van der Waals surface area contributed by atoms with Gasteiger partial charge < -0.3 is 14.8 Å². The van der Waals surface area contributed by atoms with Gasteiger partial charge >= 0.3 is 12.0 Å². The average molecular weight is 444 g/mol. The Hall–Kier alpha value is -1.61. The van der Waals surface area contributed by atoms with E-state index in [1.54, 1.807) is 18.9 Å². The molecule has 1 N–H and O–H groups in total. The molecule has 1 aliphatic rings. The van der Waals surface area contributed by atoms with Crippen molar-refractivity contribution >= 4 is 34.6 Å². The molecule has 2 rings (SSSR count). The predicted octanol–water partition coefficient (Wildman–Crippen LogP) is 2.84. The smallest absolute Gasteiger partial charge is 0.338 e. The van der Waals surface area contributed by atoms with Crippen LogP contribution in [0.5, 0.6) is 0 Å². The summed E-state index contributed by atoms with van der Waals surface area (Å²) < 4.78 is 11.2. The molecule has 0 radical (unpaired) electrons. The van der Waals surface area contributed by atoms with Crippen LogP contribution < -0.4 is 5.32 Å². The van der Waals surface area contributed by atoms with Crippen LogP contribution in [0.3, 0.4) is 0 Å². The van der Waals surface area contributed by atoms with Gasteiger partial charge in [0.05, 0.1) is 18.2 Å². The van der Waals surface area contributed by atoms with E-state index in [0.29, 0.717) is 24.4 Å². The van der Waals surface area contributed by atoms with Crippen LogP contribution >= 0.6 is 22.6 Å². The standard InChI is InChI=1S/C17H21IN2O4/c1-4-20-11(2)14(16(21)24-10-9-23-3)15(19-17(20)22)12-7-5-6-8-13(12)18/h5-8,15H,4,9-10H2,1-3H3,(H,19,22)/t15-/m1/s1. The lowest BCUT2D eigenvalue weighted by Gasteiger charge is -2.35. The molecule has 0 unspecified atom stereocenters. The number of hydrogen-bond acceptors (Lipinski definition) is 4. The van der Waals surface area contributed by atoms with Crippen LogP contribution in [0, 0.1) is 3.57 Å². The number of halogens is 1. The number of methoxy groups -OCH3 is 1. The van der Waals surface area contributed by atoms with Crippen molar-refractivity contribution in [1.29, 1.82) is 0 Å². The fourth-order valence-electron chi connectivity index (χ4n) is 2.66. The van der Waals surface area contributed by atoms with Gasteiger partial charge in [-0.05, 0) is 48.1 Å². The van der Waals surface area contributed by atoms with Gasteiger partial charge in [-0.25, -0.2) is 9.59 Å². The fourth-order valence-corrected chi connectivity index (χ4v) is 3.36. The summed E-state index contributed by atoms with van der Waals surface area (Å²) in [6, 6.07) is 6.92. The third-order valence-electron chi connectivity index (χ3n) is 3.87. The number of esters is 1. The molecule has 0 saturated heterocycles. The Morgan fingerprint density at radius 1 is 1.33 bits per heavy atom.